The summed E-state index contributed by atoms with van der Waals surface area (Å²) in [5, 5.41) is 18.9. The van der Waals surface area contributed by atoms with Crippen molar-refractivity contribution in [1.82, 2.24) is 15.0 Å². The predicted octanol–water partition coefficient (Wildman–Crippen LogP) is 9.02. The highest BCUT2D eigenvalue weighted by Gasteiger charge is 2.21. The summed E-state index contributed by atoms with van der Waals surface area (Å²) in [6, 6.07) is 44.7. The van der Waals surface area contributed by atoms with Crippen LogP contribution in [0.4, 0.5) is 0 Å². The van der Waals surface area contributed by atoms with Gasteiger partial charge < -0.3 is 0 Å². The number of hydrogen-bond acceptors (Lipinski definition) is 5. The maximum absolute atomic E-state index is 9.46. The third-order valence-corrected chi connectivity index (χ3v) is 8.21. The van der Waals surface area contributed by atoms with Crippen LogP contribution in [0.15, 0.2) is 121 Å². The fourth-order valence-corrected chi connectivity index (χ4v) is 5.89. The molecule has 0 aliphatic heterocycles. The Labute approximate surface area is 262 Å². The van der Waals surface area contributed by atoms with E-state index in [-0.39, 0.29) is 5.92 Å². The molecule has 1 aliphatic carbocycles. The highest BCUT2D eigenvalue weighted by molar-refractivity contribution is 5.87. The van der Waals surface area contributed by atoms with E-state index in [9.17, 15) is 10.5 Å². The average molecular weight is 578 g/mol. The third-order valence-electron chi connectivity index (χ3n) is 8.21. The fourth-order valence-electron chi connectivity index (χ4n) is 5.89. The summed E-state index contributed by atoms with van der Waals surface area (Å²) in [6.07, 6.45) is 3.07. The maximum atomic E-state index is 9.46. The summed E-state index contributed by atoms with van der Waals surface area (Å²) < 4.78 is 0. The zero-order valence-corrected chi connectivity index (χ0v) is 24.6. The monoisotopic (exact) mass is 577 g/mol. The molecule has 1 heterocycles. The second kappa shape index (κ2) is 11.8. The third kappa shape index (κ3) is 5.64. The average Bonchev–Trinajstić information content (AvgIpc) is 3.11. The second-order valence-corrected chi connectivity index (χ2v) is 11.3. The van der Waals surface area contributed by atoms with Gasteiger partial charge in [0.25, 0.3) is 0 Å². The molecule has 0 N–H and O–H groups in total. The summed E-state index contributed by atoms with van der Waals surface area (Å²) in [5.41, 5.74) is 10.6. The highest BCUT2D eigenvalue weighted by atomic mass is 15.0. The van der Waals surface area contributed by atoms with Crippen molar-refractivity contribution >= 4 is 11.6 Å². The predicted molar refractivity (Wildman–Crippen MR) is 178 cm³/mol. The zero-order valence-electron chi connectivity index (χ0n) is 24.6. The van der Waals surface area contributed by atoms with E-state index in [2.05, 4.69) is 67.6 Å². The van der Waals surface area contributed by atoms with Crippen molar-refractivity contribution in [2.75, 3.05) is 0 Å². The quantitative estimate of drug-likeness (QED) is 0.204. The van der Waals surface area contributed by atoms with Crippen LogP contribution in [0, 0.1) is 28.6 Å². The Balaban J connectivity index is 1.21. The van der Waals surface area contributed by atoms with Crippen LogP contribution >= 0.6 is 0 Å². The Hall–Kier alpha value is -6.17. The first-order chi connectivity index (χ1) is 22.1. The van der Waals surface area contributed by atoms with Crippen molar-refractivity contribution < 1.29 is 0 Å². The van der Waals surface area contributed by atoms with Crippen molar-refractivity contribution in [1.29, 1.82) is 10.5 Å². The molecule has 5 aromatic carbocycles. The van der Waals surface area contributed by atoms with Crippen LogP contribution in [0.5, 0.6) is 0 Å². The van der Waals surface area contributed by atoms with Gasteiger partial charge >= 0.3 is 0 Å². The molecule has 5 heteroatoms. The van der Waals surface area contributed by atoms with Gasteiger partial charge in [0.05, 0.1) is 23.3 Å². The Morgan fingerprint density at radius 2 is 1.02 bits per heavy atom. The molecule has 0 amide bonds. The van der Waals surface area contributed by atoms with Crippen LogP contribution < -0.4 is 0 Å². The Kier molecular flexibility index (Phi) is 7.28. The number of fused-ring (bicyclic) bond motifs is 1. The number of nitriles is 2. The van der Waals surface area contributed by atoms with Crippen LogP contribution in [0.25, 0.3) is 56.9 Å². The first kappa shape index (κ1) is 27.7. The molecule has 0 radical (unpaired) electrons. The van der Waals surface area contributed by atoms with Crippen LogP contribution in [0.2, 0.25) is 0 Å². The first-order valence-electron chi connectivity index (χ1n) is 14.9. The summed E-state index contributed by atoms with van der Waals surface area (Å²) >= 11 is 0. The Morgan fingerprint density at radius 3 is 1.56 bits per heavy atom. The second-order valence-electron chi connectivity index (χ2n) is 11.3. The van der Waals surface area contributed by atoms with Crippen molar-refractivity contribution in [3.63, 3.8) is 0 Å². The van der Waals surface area contributed by atoms with Gasteiger partial charge in [-0.1, -0.05) is 116 Å². The van der Waals surface area contributed by atoms with E-state index in [1.165, 1.54) is 5.56 Å². The SMILES string of the molecule is CC1Cc2cc(-c3ccc(-c4nc(-c5ccccc5)nc(-c5ccccc5)n4)cc3)ccc2C=C1c1cc(C#N)cc(C#N)c1. The molecule has 0 bridgehead atoms. The van der Waals surface area contributed by atoms with Gasteiger partial charge in [-0.25, -0.2) is 15.0 Å². The minimum Gasteiger partial charge on any atom is -0.208 e. The van der Waals surface area contributed by atoms with E-state index in [4.69, 9.17) is 15.0 Å². The van der Waals surface area contributed by atoms with E-state index in [0.29, 0.717) is 28.6 Å². The number of rotatable bonds is 5. The Morgan fingerprint density at radius 1 is 0.533 bits per heavy atom. The summed E-state index contributed by atoms with van der Waals surface area (Å²) in [6.45, 7) is 2.20. The largest absolute Gasteiger partial charge is 0.208 e. The first-order valence-corrected chi connectivity index (χ1v) is 14.9. The molecular weight excluding hydrogens is 550 g/mol. The van der Waals surface area contributed by atoms with Crippen LogP contribution in [0.1, 0.15) is 34.7 Å². The topological polar surface area (TPSA) is 86.2 Å². The number of nitrogens with zero attached hydrogens (tertiary/aromatic N) is 5. The fraction of sp³-hybridized carbons (Fsp3) is 0.0750. The highest BCUT2D eigenvalue weighted by Crippen LogP contribution is 2.37. The maximum Gasteiger partial charge on any atom is 0.164 e. The lowest BCUT2D eigenvalue weighted by atomic mass is 9.80. The van der Waals surface area contributed by atoms with Crippen molar-refractivity contribution in [3.05, 3.63) is 149 Å². The minimum atomic E-state index is 0.247. The smallest absolute Gasteiger partial charge is 0.164 e. The van der Waals surface area contributed by atoms with Gasteiger partial charge in [0, 0.05) is 16.7 Å². The number of allylic oxidation sites excluding steroid dienone is 1. The van der Waals surface area contributed by atoms with E-state index in [0.717, 1.165) is 50.9 Å². The molecule has 5 nitrogen and oxygen atoms in total. The minimum absolute atomic E-state index is 0.247. The summed E-state index contributed by atoms with van der Waals surface area (Å²) in [4.78, 5) is 14.5. The van der Waals surface area contributed by atoms with Crippen LogP contribution in [0.3, 0.4) is 0 Å². The molecule has 7 rings (SSSR count). The molecule has 0 saturated heterocycles. The molecule has 1 aliphatic rings. The Bertz CT molecular complexity index is 2060. The number of benzene rings is 5. The molecule has 6 aromatic rings. The molecule has 1 unspecified atom stereocenters. The van der Waals surface area contributed by atoms with E-state index in [1.54, 1.807) is 6.07 Å². The van der Waals surface area contributed by atoms with Crippen molar-refractivity contribution in [2.45, 2.75) is 13.3 Å². The van der Waals surface area contributed by atoms with Gasteiger partial charge in [-0.05, 0) is 63.9 Å². The molecule has 1 atom stereocenters. The van der Waals surface area contributed by atoms with Crippen LogP contribution in [-0.2, 0) is 6.42 Å². The van der Waals surface area contributed by atoms with Gasteiger partial charge in [0.1, 0.15) is 0 Å². The van der Waals surface area contributed by atoms with E-state index in [1.807, 2.05) is 72.8 Å². The molecule has 1 aromatic heterocycles. The lowest BCUT2D eigenvalue weighted by molar-refractivity contribution is 0.737. The van der Waals surface area contributed by atoms with Gasteiger partial charge in [0.15, 0.2) is 17.5 Å². The van der Waals surface area contributed by atoms with Gasteiger partial charge in [-0.15, -0.1) is 0 Å². The van der Waals surface area contributed by atoms with Crippen molar-refractivity contribution in [2.24, 2.45) is 5.92 Å². The standard InChI is InChI=1S/C40H27N5/c1-26-18-35-22-33(16-17-34(35)23-37(26)36-20-27(24-41)19-28(21-36)25-42)29-12-14-32(15-13-29)40-44-38(30-8-4-2-5-9-30)43-39(45-40)31-10-6-3-7-11-31/h2-17,19-23,26H,18H2,1H3. The number of aromatic nitrogens is 3. The summed E-state index contributed by atoms with van der Waals surface area (Å²) in [7, 11) is 0. The van der Waals surface area contributed by atoms with Gasteiger partial charge in [0.2, 0.25) is 0 Å². The summed E-state index contributed by atoms with van der Waals surface area (Å²) in [5.74, 6) is 2.16. The molecule has 0 spiro atoms. The zero-order chi connectivity index (χ0) is 30.8. The molecule has 212 valence electrons. The lowest BCUT2D eigenvalue weighted by Crippen LogP contribution is -2.10. The normalized spacial score (nSPS) is 13.7. The van der Waals surface area contributed by atoms with E-state index < -0.39 is 0 Å². The lowest BCUT2D eigenvalue weighted by Gasteiger charge is -2.24. The van der Waals surface area contributed by atoms with E-state index >= 15 is 0 Å². The molecule has 45 heavy (non-hydrogen) atoms. The van der Waals surface area contributed by atoms with Crippen LogP contribution in [-0.4, -0.2) is 15.0 Å². The van der Waals surface area contributed by atoms with Gasteiger partial charge in [-0.3, -0.25) is 0 Å². The molecule has 0 saturated carbocycles. The number of hydrogen-bond donors (Lipinski definition) is 0. The molecular formula is C40H27N5. The van der Waals surface area contributed by atoms with Crippen molar-refractivity contribution in [3.8, 4) is 57.4 Å². The van der Waals surface area contributed by atoms with Gasteiger partial charge in [-0.2, -0.15) is 10.5 Å². The molecule has 0 fully saturated rings.